The molecule has 1 unspecified atom stereocenters. The number of rotatable bonds is 4. The van der Waals surface area contributed by atoms with Gasteiger partial charge in [0.1, 0.15) is 0 Å². The highest BCUT2D eigenvalue weighted by Crippen LogP contribution is 2.06. The molecule has 0 aliphatic carbocycles. The second-order valence-corrected chi connectivity index (χ2v) is 3.91. The lowest BCUT2D eigenvalue weighted by atomic mass is 10.1. The van der Waals surface area contributed by atoms with Crippen LogP contribution in [0.1, 0.15) is 18.5 Å². The first-order valence-electron chi connectivity index (χ1n) is 5.67. The Hall–Kier alpha value is -0.930. The van der Waals surface area contributed by atoms with Crippen LogP contribution in [-0.2, 0) is 11.2 Å². The smallest absolute Gasteiger partial charge is 0.0700 e. The van der Waals surface area contributed by atoms with Gasteiger partial charge in [-0.15, -0.1) is 0 Å². The normalized spacial score (nSPS) is 21.5. The first kappa shape index (κ1) is 10.6. The molecule has 0 spiro atoms. The van der Waals surface area contributed by atoms with Crippen molar-refractivity contribution in [1.82, 2.24) is 10.3 Å². The molecule has 0 aromatic carbocycles. The topological polar surface area (TPSA) is 34.1 Å². The molecule has 0 amide bonds. The second kappa shape index (κ2) is 5.83. The highest BCUT2D eigenvalue weighted by molar-refractivity contribution is 5.03. The minimum absolute atomic E-state index is 0.405. The molecule has 0 radical (unpaired) electrons. The fourth-order valence-electron chi connectivity index (χ4n) is 1.84. The van der Waals surface area contributed by atoms with Crippen LogP contribution in [0.3, 0.4) is 0 Å². The number of pyridine rings is 1. The summed E-state index contributed by atoms with van der Waals surface area (Å²) in [7, 11) is 0. The molecule has 1 aromatic rings. The van der Waals surface area contributed by atoms with Gasteiger partial charge in [-0.1, -0.05) is 6.07 Å². The molecule has 1 aromatic heterocycles. The maximum Gasteiger partial charge on any atom is 0.0700 e. The van der Waals surface area contributed by atoms with Crippen LogP contribution < -0.4 is 5.32 Å². The Labute approximate surface area is 90.9 Å². The van der Waals surface area contributed by atoms with E-state index in [0.29, 0.717) is 6.10 Å². The average Bonchev–Trinajstić information content (AvgIpc) is 2.32. The molecule has 1 aliphatic rings. The summed E-state index contributed by atoms with van der Waals surface area (Å²) in [6.45, 7) is 2.92. The molecule has 0 bridgehead atoms. The predicted octanol–water partition coefficient (Wildman–Crippen LogP) is 1.39. The van der Waals surface area contributed by atoms with Gasteiger partial charge in [0.25, 0.3) is 0 Å². The van der Waals surface area contributed by atoms with E-state index in [0.717, 1.165) is 31.8 Å². The van der Waals surface area contributed by atoms with E-state index >= 15 is 0 Å². The van der Waals surface area contributed by atoms with Crippen LogP contribution in [0, 0.1) is 0 Å². The van der Waals surface area contributed by atoms with Crippen molar-refractivity contribution in [3.8, 4) is 0 Å². The molecule has 1 saturated heterocycles. The first-order chi connectivity index (χ1) is 7.45. The quantitative estimate of drug-likeness (QED) is 0.808. The van der Waals surface area contributed by atoms with E-state index in [-0.39, 0.29) is 0 Å². The summed E-state index contributed by atoms with van der Waals surface area (Å²) < 4.78 is 5.78. The van der Waals surface area contributed by atoms with Crippen molar-refractivity contribution in [2.75, 3.05) is 19.7 Å². The molecular formula is C12H18N2O. The van der Waals surface area contributed by atoms with Gasteiger partial charge in [-0.3, -0.25) is 4.98 Å². The third kappa shape index (κ3) is 3.61. The molecule has 1 N–H and O–H groups in total. The standard InChI is InChI=1S/C12H18N2O/c1-2-8-14-11(4-1)6-9-15-12-5-3-7-13-10-12/h1-2,4,8,12-13H,3,5-7,9-10H2. The third-order valence-electron chi connectivity index (χ3n) is 2.69. The molecule has 1 fully saturated rings. The van der Waals surface area contributed by atoms with E-state index in [1.807, 2.05) is 24.4 Å². The van der Waals surface area contributed by atoms with Crippen molar-refractivity contribution < 1.29 is 4.74 Å². The van der Waals surface area contributed by atoms with Crippen LogP contribution in [0.15, 0.2) is 24.4 Å². The Balaban J connectivity index is 1.66. The van der Waals surface area contributed by atoms with Crippen molar-refractivity contribution in [1.29, 1.82) is 0 Å². The zero-order valence-electron chi connectivity index (χ0n) is 8.98. The van der Waals surface area contributed by atoms with Gasteiger partial charge in [0.15, 0.2) is 0 Å². The fraction of sp³-hybridized carbons (Fsp3) is 0.583. The molecule has 3 nitrogen and oxygen atoms in total. The van der Waals surface area contributed by atoms with Gasteiger partial charge in [-0.2, -0.15) is 0 Å². The number of nitrogens with one attached hydrogen (secondary N) is 1. The Morgan fingerprint density at radius 3 is 3.20 bits per heavy atom. The first-order valence-corrected chi connectivity index (χ1v) is 5.67. The van der Waals surface area contributed by atoms with E-state index in [9.17, 15) is 0 Å². The van der Waals surface area contributed by atoms with Crippen LogP contribution in [0.2, 0.25) is 0 Å². The van der Waals surface area contributed by atoms with Crippen LogP contribution in [0.25, 0.3) is 0 Å². The summed E-state index contributed by atoms with van der Waals surface area (Å²) >= 11 is 0. The van der Waals surface area contributed by atoms with E-state index in [1.54, 1.807) is 0 Å². The highest BCUT2D eigenvalue weighted by atomic mass is 16.5. The van der Waals surface area contributed by atoms with Gasteiger partial charge in [0.2, 0.25) is 0 Å². The monoisotopic (exact) mass is 206 g/mol. The van der Waals surface area contributed by atoms with Crippen molar-refractivity contribution in [2.24, 2.45) is 0 Å². The lowest BCUT2D eigenvalue weighted by Gasteiger charge is -2.22. The van der Waals surface area contributed by atoms with Crippen LogP contribution >= 0.6 is 0 Å². The zero-order valence-corrected chi connectivity index (χ0v) is 8.98. The molecule has 1 atom stereocenters. The number of hydrogen-bond donors (Lipinski definition) is 1. The highest BCUT2D eigenvalue weighted by Gasteiger charge is 2.12. The van der Waals surface area contributed by atoms with Gasteiger partial charge in [0.05, 0.1) is 12.7 Å². The molecule has 82 valence electrons. The number of hydrogen-bond acceptors (Lipinski definition) is 3. The predicted molar refractivity (Wildman–Crippen MR) is 59.8 cm³/mol. The number of piperidine rings is 1. The van der Waals surface area contributed by atoms with E-state index in [4.69, 9.17) is 4.74 Å². The summed E-state index contributed by atoms with van der Waals surface area (Å²) in [6, 6.07) is 6.00. The van der Waals surface area contributed by atoms with Gasteiger partial charge in [-0.05, 0) is 31.5 Å². The molecular weight excluding hydrogens is 188 g/mol. The molecule has 3 heteroatoms. The summed E-state index contributed by atoms with van der Waals surface area (Å²) in [4.78, 5) is 4.27. The minimum atomic E-state index is 0.405. The Morgan fingerprint density at radius 2 is 2.47 bits per heavy atom. The van der Waals surface area contributed by atoms with E-state index < -0.39 is 0 Å². The number of nitrogens with zero attached hydrogens (tertiary/aromatic N) is 1. The Kier molecular flexibility index (Phi) is 4.11. The summed E-state index contributed by atoms with van der Waals surface area (Å²) in [5.74, 6) is 0. The van der Waals surface area contributed by atoms with Gasteiger partial charge >= 0.3 is 0 Å². The number of aromatic nitrogens is 1. The summed E-state index contributed by atoms with van der Waals surface area (Å²) in [5, 5.41) is 3.34. The van der Waals surface area contributed by atoms with Gasteiger partial charge < -0.3 is 10.1 Å². The van der Waals surface area contributed by atoms with Crippen molar-refractivity contribution in [2.45, 2.75) is 25.4 Å². The van der Waals surface area contributed by atoms with Gasteiger partial charge in [0, 0.05) is 24.9 Å². The zero-order chi connectivity index (χ0) is 10.3. The van der Waals surface area contributed by atoms with Crippen molar-refractivity contribution in [3.05, 3.63) is 30.1 Å². The average molecular weight is 206 g/mol. The van der Waals surface area contributed by atoms with Crippen molar-refractivity contribution >= 4 is 0 Å². The number of ether oxygens (including phenoxy) is 1. The second-order valence-electron chi connectivity index (χ2n) is 3.91. The summed E-state index contributed by atoms with van der Waals surface area (Å²) in [6.07, 6.45) is 5.57. The van der Waals surface area contributed by atoms with Crippen molar-refractivity contribution in [3.63, 3.8) is 0 Å². The lowest BCUT2D eigenvalue weighted by Crippen LogP contribution is -2.35. The molecule has 2 rings (SSSR count). The molecule has 2 heterocycles. The van der Waals surface area contributed by atoms with Crippen LogP contribution in [0.4, 0.5) is 0 Å². The Bertz CT molecular complexity index is 270. The summed E-state index contributed by atoms with van der Waals surface area (Å²) in [5.41, 5.74) is 1.11. The Morgan fingerprint density at radius 1 is 1.47 bits per heavy atom. The van der Waals surface area contributed by atoms with Gasteiger partial charge in [-0.25, -0.2) is 0 Å². The maximum atomic E-state index is 5.78. The van der Waals surface area contributed by atoms with E-state index in [1.165, 1.54) is 12.8 Å². The minimum Gasteiger partial charge on any atom is -0.376 e. The molecule has 15 heavy (non-hydrogen) atoms. The van der Waals surface area contributed by atoms with Crippen LogP contribution in [-0.4, -0.2) is 30.8 Å². The molecule has 1 aliphatic heterocycles. The van der Waals surface area contributed by atoms with E-state index in [2.05, 4.69) is 10.3 Å². The molecule has 0 saturated carbocycles. The third-order valence-corrected chi connectivity index (χ3v) is 2.69. The SMILES string of the molecule is c1ccc(CCOC2CCCNC2)nc1. The lowest BCUT2D eigenvalue weighted by molar-refractivity contribution is 0.0386. The maximum absolute atomic E-state index is 5.78. The van der Waals surface area contributed by atoms with Crippen LogP contribution in [0.5, 0.6) is 0 Å². The largest absolute Gasteiger partial charge is 0.376 e. The fourth-order valence-corrected chi connectivity index (χ4v) is 1.84.